The van der Waals surface area contributed by atoms with Gasteiger partial charge < -0.3 is 9.88 Å². The van der Waals surface area contributed by atoms with Crippen molar-refractivity contribution < 1.29 is 4.79 Å². The Kier molecular flexibility index (Phi) is 6.15. The fraction of sp³-hybridized carbons (Fsp3) is 0.227. The topological polar surface area (TPSA) is 64.0 Å². The maximum absolute atomic E-state index is 12.3. The second-order valence-corrected chi connectivity index (χ2v) is 6.60. The van der Waals surface area contributed by atoms with Crippen molar-refractivity contribution in [2.45, 2.75) is 32.4 Å². The predicted octanol–water partition coefficient (Wildman–Crippen LogP) is 3.05. The number of aromatic nitrogens is 2. The summed E-state index contributed by atoms with van der Waals surface area (Å²) in [4.78, 5) is 28.6. The Morgan fingerprint density at radius 1 is 1.07 bits per heavy atom. The summed E-state index contributed by atoms with van der Waals surface area (Å²) in [6.45, 7) is 1.96. The van der Waals surface area contributed by atoms with Crippen molar-refractivity contribution in [1.29, 1.82) is 0 Å². The van der Waals surface area contributed by atoms with Gasteiger partial charge in [-0.3, -0.25) is 9.59 Å². The van der Waals surface area contributed by atoms with E-state index >= 15 is 0 Å². The number of nitrogens with one attached hydrogen (secondary N) is 1. The van der Waals surface area contributed by atoms with E-state index < -0.39 is 0 Å². The molecule has 5 heteroatoms. The van der Waals surface area contributed by atoms with Crippen LogP contribution in [-0.4, -0.2) is 21.5 Å². The predicted molar refractivity (Wildman–Crippen MR) is 106 cm³/mol. The fourth-order valence-corrected chi connectivity index (χ4v) is 2.90. The number of rotatable bonds is 7. The van der Waals surface area contributed by atoms with Gasteiger partial charge in [0.05, 0.1) is 11.9 Å². The molecule has 0 unspecified atom stereocenters. The van der Waals surface area contributed by atoms with Crippen LogP contribution in [0.1, 0.15) is 18.9 Å². The first-order valence-electron chi connectivity index (χ1n) is 9.07. The van der Waals surface area contributed by atoms with Crippen molar-refractivity contribution in [3.05, 3.63) is 89.0 Å². The van der Waals surface area contributed by atoms with Crippen LogP contribution < -0.4 is 10.9 Å². The van der Waals surface area contributed by atoms with Gasteiger partial charge in [-0.1, -0.05) is 60.7 Å². The molecule has 2 aromatic carbocycles. The summed E-state index contributed by atoms with van der Waals surface area (Å²) in [6.07, 6.45) is 4.63. The van der Waals surface area contributed by atoms with Gasteiger partial charge >= 0.3 is 0 Å². The molecule has 138 valence electrons. The van der Waals surface area contributed by atoms with E-state index in [1.54, 1.807) is 6.20 Å². The monoisotopic (exact) mass is 361 g/mol. The molecule has 0 radical (unpaired) electrons. The molecule has 0 aliphatic rings. The summed E-state index contributed by atoms with van der Waals surface area (Å²) >= 11 is 0. The molecule has 0 bridgehead atoms. The lowest BCUT2D eigenvalue weighted by Gasteiger charge is -2.15. The molecule has 3 aromatic rings. The molecule has 1 atom stereocenters. The number of amides is 1. The van der Waals surface area contributed by atoms with E-state index in [2.05, 4.69) is 22.4 Å². The van der Waals surface area contributed by atoms with E-state index in [9.17, 15) is 9.59 Å². The molecule has 1 heterocycles. The van der Waals surface area contributed by atoms with Gasteiger partial charge in [-0.15, -0.1) is 0 Å². The average Bonchev–Trinajstić information content (AvgIpc) is 2.69. The highest BCUT2D eigenvalue weighted by atomic mass is 16.2. The van der Waals surface area contributed by atoms with Crippen molar-refractivity contribution in [3.8, 4) is 11.3 Å². The molecule has 0 fully saturated rings. The molecule has 0 aliphatic heterocycles. The van der Waals surface area contributed by atoms with Crippen LogP contribution in [0.2, 0.25) is 0 Å². The van der Waals surface area contributed by atoms with Crippen molar-refractivity contribution >= 4 is 5.91 Å². The maximum atomic E-state index is 12.3. The smallest absolute Gasteiger partial charge is 0.269 e. The zero-order valence-corrected chi connectivity index (χ0v) is 15.3. The summed E-state index contributed by atoms with van der Waals surface area (Å²) < 4.78 is 1.40. The normalized spacial score (nSPS) is 11.7. The molecule has 1 aromatic heterocycles. The number of benzene rings is 2. The highest BCUT2D eigenvalue weighted by Crippen LogP contribution is 2.14. The molecule has 0 saturated carbocycles. The van der Waals surface area contributed by atoms with Crippen LogP contribution in [0.3, 0.4) is 0 Å². The van der Waals surface area contributed by atoms with Gasteiger partial charge in [0.25, 0.3) is 5.56 Å². The SMILES string of the molecule is C[C@H](CCc1ccccc1)NC(=O)Cn1cc(-c2ccccc2)ncc1=O. The van der Waals surface area contributed by atoms with Crippen LogP contribution in [0.4, 0.5) is 0 Å². The Hall–Kier alpha value is -3.21. The minimum Gasteiger partial charge on any atom is -0.352 e. The molecular formula is C22H23N3O2. The van der Waals surface area contributed by atoms with Gasteiger partial charge in [0.2, 0.25) is 5.91 Å². The molecule has 0 spiro atoms. The van der Waals surface area contributed by atoms with Crippen LogP contribution in [0.5, 0.6) is 0 Å². The first-order valence-corrected chi connectivity index (χ1v) is 9.07. The summed E-state index contributed by atoms with van der Waals surface area (Å²) in [5, 5.41) is 2.97. The van der Waals surface area contributed by atoms with E-state index in [4.69, 9.17) is 0 Å². The summed E-state index contributed by atoms with van der Waals surface area (Å²) in [5.74, 6) is -0.178. The second-order valence-electron chi connectivity index (χ2n) is 6.60. The number of hydrogen-bond acceptors (Lipinski definition) is 3. The molecule has 0 saturated heterocycles. The first kappa shape index (κ1) is 18.6. The first-order chi connectivity index (χ1) is 13.1. The standard InChI is InChI=1S/C22H23N3O2/c1-17(12-13-18-8-4-2-5-9-18)24-21(26)16-25-15-20(23-14-22(25)27)19-10-6-3-7-11-19/h2-11,14-15,17H,12-13,16H2,1H3,(H,24,26)/t17-/m1/s1. The van der Waals surface area contributed by atoms with Crippen LogP contribution in [0, 0.1) is 0 Å². The van der Waals surface area contributed by atoms with E-state index in [1.807, 2.05) is 55.5 Å². The molecule has 5 nitrogen and oxygen atoms in total. The zero-order valence-electron chi connectivity index (χ0n) is 15.3. The lowest BCUT2D eigenvalue weighted by molar-refractivity contribution is -0.122. The molecule has 0 aliphatic carbocycles. The Morgan fingerprint density at radius 2 is 1.74 bits per heavy atom. The minimum absolute atomic E-state index is 0.0170. The third-order valence-electron chi connectivity index (χ3n) is 4.38. The Labute approximate surface area is 158 Å². The molecule has 3 rings (SSSR count). The summed E-state index contributed by atoms with van der Waals surface area (Å²) in [7, 11) is 0. The molecule has 1 N–H and O–H groups in total. The Balaban J connectivity index is 1.59. The van der Waals surface area contributed by atoms with E-state index in [1.165, 1.54) is 16.3 Å². The zero-order chi connectivity index (χ0) is 19.1. The third kappa shape index (κ3) is 5.38. The number of nitrogens with zero attached hydrogens (tertiary/aromatic N) is 2. The number of aryl methyl sites for hydroxylation is 1. The van der Waals surface area contributed by atoms with Gasteiger partial charge in [0, 0.05) is 17.8 Å². The van der Waals surface area contributed by atoms with Crippen LogP contribution >= 0.6 is 0 Å². The van der Waals surface area contributed by atoms with Crippen LogP contribution in [-0.2, 0) is 17.8 Å². The third-order valence-corrected chi connectivity index (χ3v) is 4.38. The molecule has 27 heavy (non-hydrogen) atoms. The summed E-state index contributed by atoms with van der Waals surface area (Å²) in [5.41, 5.74) is 2.53. The van der Waals surface area contributed by atoms with Crippen molar-refractivity contribution in [2.24, 2.45) is 0 Å². The second kappa shape index (κ2) is 8.94. The lowest BCUT2D eigenvalue weighted by atomic mass is 10.1. The fourth-order valence-electron chi connectivity index (χ4n) is 2.90. The number of carbonyl (C=O) groups is 1. The van der Waals surface area contributed by atoms with E-state index in [0.717, 1.165) is 18.4 Å². The highest BCUT2D eigenvalue weighted by Gasteiger charge is 2.10. The number of carbonyl (C=O) groups excluding carboxylic acids is 1. The van der Waals surface area contributed by atoms with Gasteiger partial charge in [-0.05, 0) is 25.3 Å². The van der Waals surface area contributed by atoms with Crippen LogP contribution in [0.15, 0.2) is 77.9 Å². The van der Waals surface area contributed by atoms with Gasteiger partial charge in [-0.25, -0.2) is 4.98 Å². The minimum atomic E-state index is -0.290. The quantitative estimate of drug-likeness (QED) is 0.703. The lowest BCUT2D eigenvalue weighted by Crippen LogP contribution is -2.37. The molecular weight excluding hydrogens is 338 g/mol. The van der Waals surface area contributed by atoms with Crippen LogP contribution in [0.25, 0.3) is 11.3 Å². The molecule has 1 amide bonds. The number of hydrogen-bond donors (Lipinski definition) is 1. The van der Waals surface area contributed by atoms with Crippen molar-refractivity contribution in [1.82, 2.24) is 14.9 Å². The van der Waals surface area contributed by atoms with E-state index in [-0.39, 0.29) is 24.1 Å². The van der Waals surface area contributed by atoms with Gasteiger partial charge in [0.15, 0.2) is 0 Å². The van der Waals surface area contributed by atoms with E-state index in [0.29, 0.717) is 5.69 Å². The Morgan fingerprint density at radius 3 is 2.44 bits per heavy atom. The highest BCUT2D eigenvalue weighted by molar-refractivity contribution is 5.76. The largest absolute Gasteiger partial charge is 0.352 e. The van der Waals surface area contributed by atoms with Crippen molar-refractivity contribution in [3.63, 3.8) is 0 Å². The van der Waals surface area contributed by atoms with Crippen molar-refractivity contribution in [2.75, 3.05) is 0 Å². The van der Waals surface area contributed by atoms with Gasteiger partial charge in [-0.2, -0.15) is 0 Å². The maximum Gasteiger partial charge on any atom is 0.269 e. The average molecular weight is 361 g/mol. The van der Waals surface area contributed by atoms with Gasteiger partial charge in [0.1, 0.15) is 6.54 Å². The summed E-state index contributed by atoms with van der Waals surface area (Å²) in [6, 6.07) is 19.8. The Bertz CT molecular complexity index is 937.